The molecule has 1 aliphatic heterocycles. The summed E-state index contributed by atoms with van der Waals surface area (Å²) >= 11 is 2.21. The second kappa shape index (κ2) is 4.85. The Morgan fingerprint density at radius 1 is 1.29 bits per heavy atom. The Hall–Kier alpha value is -0.140. The van der Waals surface area contributed by atoms with Crippen LogP contribution in [0, 0.1) is 6.92 Å². The first-order valence-corrected chi connectivity index (χ1v) is 8.41. The van der Waals surface area contributed by atoms with Gasteiger partial charge in [-0.1, -0.05) is 53.6 Å². The van der Waals surface area contributed by atoms with E-state index in [9.17, 15) is 8.42 Å². The van der Waals surface area contributed by atoms with Gasteiger partial charge in [0, 0.05) is 0 Å². The predicted octanol–water partition coefficient (Wildman–Crippen LogP) is 2.93. The molecule has 2 rings (SSSR count). The number of aryl methyl sites for hydroxylation is 1. The van der Waals surface area contributed by atoms with Gasteiger partial charge in [0.25, 0.3) is 0 Å². The van der Waals surface area contributed by atoms with Crippen LogP contribution in [0.25, 0.3) is 0 Å². The van der Waals surface area contributed by atoms with E-state index in [2.05, 4.69) is 29.5 Å². The van der Waals surface area contributed by atoms with Crippen LogP contribution in [0.1, 0.15) is 25.3 Å². The summed E-state index contributed by atoms with van der Waals surface area (Å²) in [6.07, 6.45) is 1.96. The highest BCUT2D eigenvalue weighted by Gasteiger charge is 2.53. The Kier molecular flexibility index (Phi) is 3.80. The zero-order valence-corrected chi connectivity index (χ0v) is 12.9. The quantitative estimate of drug-likeness (QED) is 0.356. The van der Waals surface area contributed by atoms with Gasteiger partial charge >= 0.3 is 0 Å². The number of alkyl halides is 1. The molecule has 1 aromatic rings. The second-order valence-corrected chi connectivity index (χ2v) is 7.50. The van der Waals surface area contributed by atoms with Crippen LogP contribution in [0.15, 0.2) is 29.2 Å². The van der Waals surface area contributed by atoms with Crippen molar-refractivity contribution in [2.24, 2.45) is 0 Å². The van der Waals surface area contributed by atoms with E-state index in [4.69, 9.17) is 0 Å². The van der Waals surface area contributed by atoms with Crippen molar-refractivity contribution in [2.75, 3.05) is 0 Å². The summed E-state index contributed by atoms with van der Waals surface area (Å²) < 4.78 is 26.4. The Bertz CT molecular complexity index is 498. The molecule has 3 unspecified atom stereocenters. The molecule has 1 fully saturated rings. The van der Waals surface area contributed by atoms with E-state index in [1.54, 1.807) is 16.4 Å². The lowest BCUT2D eigenvalue weighted by Gasteiger charge is -2.06. The minimum absolute atomic E-state index is 0.124. The van der Waals surface area contributed by atoms with Crippen molar-refractivity contribution >= 4 is 32.6 Å². The van der Waals surface area contributed by atoms with Gasteiger partial charge in [-0.05, 0) is 25.5 Å². The maximum Gasteiger partial charge on any atom is 0.244 e. The molecular weight excluding hydrogens is 349 g/mol. The van der Waals surface area contributed by atoms with Gasteiger partial charge in [0.1, 0.15) is 0 Å². The van der Waals surface area contributed by atoms with Crippen LogP contribution in [0.4, 0.5) is 0 Å². The van der Waals surface area contributed by atoms with Crippen LogP contribution in [0.5, 0.6) is 0 Å². The minimum atomic E-state index is -3.28. The van der Waals surface area contributed by atoms with E-state index in [0.29, 0.717) is 4.90 Å². The molecule has 17 heavy (non-hydrogen) atoms. The standard InChI is InChI=1S/C12H16INO2S/c1-3-4-11-12(13)14(11)17(15,16)10-7-5-9(2)6-8-10/h5-8,11-12H,3-4H2,1-2H3. The van der Waals surface area contributed by atoms with Gasteiger partial charge in [-0.15, -0.1) is 0 Å². The molecule has 1 heterocycles. The lowest BCUT2D eigenvalue weighted by atomic mass is 10.2. The summed E-state index contributed by atoms with van der Waals surface area (Å²) in [5.74, 6) is 0. The fraction of sp³-hybridized carbons (Fsp3) is 0.500. The summed E-state index contributed by atoms with van der Waals surface area (Å²) in [4.78, 5) is 0.406. The molecule has 1 aliphatic rings. The highest BCUT2D eigenvalue weighted by Crippen LogP contribution is 2.42. The molecule has 1 saturated heterocycles. The van der Waals surface area contributed by atoms with Gasteiger partial charge in [0.2, 0.25) is 10.0 Å². The molecular formula is C12H16INO2S. The van der Waals surface area contributed by atoms with Crippen LogP contribution >= 0.6 is 22.6 Å². The molecule has 3 nitrogen and oxygen atoms in total. The third-order valence-electron chi connectivity index (χ3n) is 2.98. The van der Waals surface area contributed by atoms with Crippen molar-refractivity contribution in [2.45, 2.75) is 41.7 Å². The van der Waals surface area contributed by atoms with Crippen LogP contribution in [0.3, 0.4) is 0 Å². The van der Waals surface area contributed by atoms with Crippen LogP contribution in [-0.4, -0.2) is 22.8 Å². The van der Waals surface area contributed by atoms with Gasteiger partial charge in [-0.3, -0.25) is 0 Å². The normalized spacial score (nSPS) is 28.1. The van der Waals surface area contributed by atoms with Crippen molar-refractivity contribution in [1.29, 1.82) is 0 Å². The average Bonchev–Trinajstić information content (AvgIpc) is 2.91. The molecule has 0 amide bonds. The number of hydrogen-bond donors (Lipinski definition) is 0. The zero-order chi connectivity index (χ0) is 12.6. The first-order valence-electron chi connectivity index (χ1n) is 5.72. The molecule has 0 spiro atoms. The Balaban J connectivity index is 2.23. The lowest BCUT2D eigenvalue weighted by molar-refractivity contribution is 0.545. The first kappa shape index (κ1) is 13.3. The number of sulfonamides is 1. The molecule has 0 N–H and O–H groups in total. The monoisotopic (exact) mass is 365 g/mol. The molecule has 0 saturated carbocycles. The smallest absolute Gasteiger partial charge is 0.207 e. The molecule has 0 bridgehead atoms. The Labute approximate surface area is 116 Å². The first-order chi connectivity index (χ1) is 7.98. The summed E-state index contributed by atoms with van der Waals surface area (Å²) in [6, 6.07) is 7.25. The Morgan fingerprint density at radius 2 is 1.88 bits per heavy atom. The molecule has 1 aromatic carbocycles. The summed E-state index contributed by atoms with van der Waals surface area (Å²) in [5.41, 5.74) is 1.07. The fourth-order valence-corrected chi connectivity index (χ4v) is 5.63. The van der Waals surface area contributed by atoms with Crippen molar-refractivity contribution in [3.05, 3.63) is 29.8 Å². The summed E-state index contributed by atoms with van der Waals surface area (Å²) in [5, 5.41) is 0. The topological polar surface area (TPSA) is 37.1 Å². The van der Waals surface area contributed by atoms with Crippen LogP contribution in [-0.2, 0) is 10.0 Å². The van der Waals surface area contributed by atoms with Crippen molar-refractivity contribution in [3.8, 4) is 0 Å². The van der Waals surface area contributed by atoms with Gasteiger partial charge in [-0.2, -0.15) is 4.31 Å². The van der Waals surface area contributed by atoms with Gasteiger partial charge in [0.15, 0.2) is 0 Å². The molecule has 5 heteroatoms. The predicted molar refractivity (Wildman–Crippen MR) is 76.7 cm³/mol. The van der Waals surface area contributed by atoms with Gasteiger partial charge in [0.05, 0.1) is 15.0 Å². The molecule has 0 aromatic heterocycles. The van der Waals surface area contributed by atoms with E-state index in [1.165, 1.54) is 0 Å². The van der Waals surface area contributed by atoms with E-state index in [0.717, 1.165) is 18.4 Å². The number of benzene rings is 1. The van der Waals surface area contributed by atoms with Gasteiger partial charge < -0.3 is 0 Å². The van der Waals surface area contributed by atoms with E-state index in [-0.39, 0.29) is 10.1 Å². The maximum atomic E-state index is 12.3. The zero-order valence-electron chi connectivity index (χ0n) is 9.93. The van der Waals surface area contributed by atoms with Crippen LogP contribution < -0.4 is 0 Å². The molecule has 3 atom stereocenters. The minimum Gasteiger partial charge on any atom is -0.207 e. The molecule has 0 aliphatic carbocycles. The highest BCUT2D eigenvalue weighted by atomic mass is 127. The largest absolute Gasteiger partial charge is 0.244 e. The average molecular weight is 365 g/mol. The third kappa shape index (κ3) is 2.51. The summed E-state index contributed by atoms with van der Waals surface area (Å²) in [7, 11) is -3.28. The number of nitrogens with zero attached hydrogens (tertiary/aromatic N) is 1. The SMILES string of the molecule is CCCC1C(I)N1S(=O)(=O)c1ccc(C)cc1. The van der Waals surface area contributed by atoms with E-state index < -0.39 is 10.0 Å². The Morgan fingerprint density at radius 3 is 2.41 bits per heavy atom. The van der Waals surface area contributed by atoms with Gasteiger partial charge in [-0.25, -0.2) is 8.42 Å². The lowest BCUT2D eigenvalue weighted by Crippen LogP contribution is -2.15. The highest BCUT2D eigenvalue weighted by molar-refractivity contribution is 14.1. The van der Waals surface area contributed by atoms with Crippen LogP contribution in [0.2, 0.25) is 0 Å². The number of halogens is 1. The van der Waals surface area contributed by atoms with E-state index in [1.807, 2.05) is 19.1 Å². The van der Waals surface area contributed by atoms with Crippen molar-refractivity contribution < 1.29 is 8.42 Å². The van der Waals surface area contributed by atoms with E-state index >= 15 is 0 Å². The number of hydrogen-bond acceptors (Lipinski definition) is 2. The second-order valence-electron chi connectivity index (χ2n) is 4.38. The number of rotatable bonds is 4. The summed E-state index contributed by atoms with van der Waals surface area (Å²) in [6.45, 7) is 4.03. The van der Waals surface area contributed by atoms with Crippen molar-refractivity contribution in [3.63, 3.8) is 0 Å². The fourth-order valence-electron chi connectivity index (χ4n) is 1.93. The maximum absolute atomic E-state index is 12.3. The van der Waals surface area contributed by atoms with Crippen molar-refractivity contribution in [1.82, 2.24) is 4.31 Å². The molecule has 94 valence electrons. The third-order valence-corrected chi connectivity index (χ3v) is 6.71. The molecule has 0 radical (unpaired) electrons.